The highest BCUT2D eigenvalue weighted by atomic mass is 35.5. The molecule has 1 aromatic rings. The molecule has 0 spiro atoms. The van der Waals surface area contributed by atoms with Crippen molar-refractivity contribution in [3.05, 3.63) is 34.9 Å². The van der Waals surface area contributed by atoms with Crippen LogP contribution >= 0.6 is 11.6 Å². The minimum Gasteiger partial charge on any atom is -0.333 e. The molecule has 1 aromatic carbocycles. The molecule has 26 heavy (non-hydrogen) atoms. The summed E-state index contributed by atoms with van der Waals surface area (Å²) in [7, 11) is 0. The van der Waals surface area contributed by atoms with Crippen LogP contribution in [0.5, 0.6) is 0 Å². The molecule has 2 heterocycles. The summed E-state index contributed by atoms with van der Waals surface area (Å²) in [6, 6.07) is 7.37. The molecule has 2 aliphatic heterocycles. The molecule has 3 rings (SSSR count). The van der Waals surface area contributed by atoms with Crippen LogP contribution in [0, 0.1) is 0 Å². The Bertz CT molecular complexity index is 692. The maximum Gasteiger partial charge on any atom is 0.327 e. The molecule has 7 heteroatoms. The van der Waals surface area contributed by atoms with Gasteiger partial charge in [-0.3, -0.25) is 14.5 Å². The maximum absolute atomic E-state index is 12.9. The second kappa shape index (κ2) is 8.08. The Morgan fingerprint density at radius 3 is 2.50 bits per heavy atom. The van der Waals surface area contributed by atoms with Crippen molar-refractivity contribution in [2.24, 2.45) is 0 Å². The molecular weight excluding hydrogens is 354 g/mol. The number of hydrogen-bond acceptors (Lipinski definition) is 3. The van der Waals surface area contributed by atoms with Crippen LogP contribution in [-0.4, -0.2) is 65.3 Å². The number of likely N-dealkylation sites (tertiary alicyclic amines) is 1. The van der Waals surface area contributed by atoms with Gasteiger partial charge in [0, 0.05) is 43.7 Å². The zero-order valence-electron chi connectivity index (χ0n) is 15.0. The van der Waals surface area contributed by atoms with Gasteiger partial charge in [0.25, 0.3) is 0 Å². The Labute approximate surface area is 158 Å². The zero-order valence-corrected chi connectivity index (χ0v) is 15.7. The van der Waals surface area contributed by atoms with Crippen molar-refractivity contribution in [1.82, 2.24) is 14.7 Å². The van der Waals surface area contributed by atoms with E-state index >= 15 is 0 Å². The number of rotatable bonds is 2. The lowest BCUT2D eigenvalue weighted by Gasteiger charge is -2.35. The third-order valence-corrected chi connectivity index (χ3v) is 5.46. The molecule has 2 aliphatic rings. The van der Waals surface area contributed by atoms with E-state index in [1.54, 1.807) is 4.90 Å². The van der Waals surface area contributed by atoms with Crippen molar-refractivity contribution in [3.8, 4) is 0 Å². The molecule has 1 atom stereocenters. The van der Waals surface area contributed by atoms with E-state index in [1.165, 1.54) is 4.90 Å². The Hall–Kier alpha value is -2.08. The fraction of sp³-hybridized carbons (Fsp3) is 0.526. The maximum atomic E-state index is 12.9. The first-order valence-corrected chi connectivity index (χ1v) is 9.54. The van der Waals surface area contributed by atoms with Crippen molar-refractivity contribution in [3.63, 3.8) is 0 Å². The molecule has 140 valence electrons. The third-order valence-electron chi connectivity index (χ3n) is 5.20. The number of likely N-dealkylation sites (N-methyl/N-ethyl adjacent to an activating group) is 1. The normalized spacial score (nSPS) is 21.8. The van der Waals surface area contributed by atoms with Gasteiger partial charge in [0.05, 0.1) is 0 Å². The number of imide groups is 1. The molecule has 0 bridgehead atoms. The lowest BCUT2D eigenvalue weighted by molar-refractivity contribution is -0.153. The zero-order chi connectivity index (χ0) is 18.7. The molecule has 0 unspecified atom stereocenters. The van der Waals surface area contributed by atoms with Crippen molar-refractivity contribution in [1.29, 1.82) is 0 Å². The Morgan fingerprint density at radius 1 is 1.08 bits per heavy atom. The van der Waals surface area contributed by atoms with E-state index in [1.807, 2.05) is 31.2 Å². The van der Waals surface area contributed by atoms with Crippen LogP contribution in [0.1, 0.15) is 37.7 Å². The molecular formula is C19H24ClN3O3. The summed E-state index contributed by atoms with van der Waals surface area (Å²) >= 11 is 5.97. The van der Waals surface area contributed by atoms with Crippen LogP contribution in [0.15, 0.2) is 24.3 Å². The number of amides is 4. The number of carbonyl (C=O) groups excluding carboxylic acids is 3. The van der Waals surface area contributed by atoms with Gasteiger partial charge in [0.2, 0.25) is 0 Å². The lowest BCUT2D eigenvalue weighted by Crippen LogP contribution is -2.59. The Balaban J connectivity index is 1.73. The standard InChI is InChI=1S/C19H24ClN3O3/c1-2-21-11-12-23(18(25)17(21)24)19(26)22-10-4-3-5-15(13-22)14-6-8-16(20)9-7-14/h6-9,15H,2-5,10-13H2,1H3/t15-/m1/s1. The van der Waals surface area contributed by atoms with Crippen LogP contribution in [0.2, 0.25) is 5.02 Å². The number of benzene rings is 1. The largest absolute Gasteiger partial charge is 0.333 e. The fourth-order valence-corrected chi connectivity index (χ4v) is 3.78. The van der Waals surface area contributed by atoms with Crippen LogP contribution in [0.3, 0.4) is 0 Å². The Kier molecular flexibility index (Phi) is 5.81. The summed E-state index contributed by atoms with van der Waals surface area (Å²) in [6.07, 6.45) is 2.91. The third kappa shape index (κ3) is 3.85. The SMILES string of the molecule is CCN1CCN(C(=O)N2CCCC[C@@H](c3ccc(Cl)cc3)C2)C(=O)C1=O. The van der Waals surface area contributed by atoms with Gasteiger partial charge in [-0.25, -0.2) is 4.79 Å². The van der Waals surface area contributed by atoms with Crippen molar-refractivity contribution in [2.75, 3.05) is 32.7 Å². The van der Waals surface area contributed by atoms with E-state index in [0.29, 0.717) is 31.2 Å². The molecule has 4 amide bonds. The predicted molar refractivity (Wildman–Crippen MR) is 99.0 cm³/mol. The minimum atomic E-state index is -0.713. The van der Waals surface area contributed by atoms with Gasteiger partial charge in [-0.15, -0.1) is 0 Å². The highest BCUT2D eigenvalue weighted by Gasteiger charge is 2.38. The molecule has 2 fully saturated rings. The van der Waals surface area contributed by atoms with Gasteiger partial charge >= 0.3 is 17.8 Å². The van der Waals surface area contributed by atoms with E-state index in [2.05, 4.69) is 0 Å². The molecule has 0 radical (unpaired) electrons. The number of carbonyl (C=O) groups is 3. The van der Waals surface area contributed by atoms with Crippen molar-refractivity contribution < 1.29 is 14.4 Å². The highest BCUT2D eigenvalue weighted by Crippen LogP contribution is 2.28. The van der Waals surface area contributed by atoms with E-state index in [-0.39, 0.29) is 18.5 Å². The predicted octanol–water partition coefficient (Wildman–Crippen LogP) is 2.72. The summed E-state index contributed by atoms with van der Waals surface area (Å²) in [4.78, 5) is 41.7. The number of hydrogen-bond donors (Lipinski definition) is 0. The van der Waals surface area contributed by atoms with E-state index in [4.69, 9.17) is 11.6 Å². The lowest BCUT2D eigenvalue weighted by atomic mass is 9.94. The van der Waals surface area contributed by atoms with Gasteiger partial charge in [-0.05, 0) is 37.5 Å². The van der Waals surface area contributed by atoms with Crippen LogP contribution in [0.25, 0.3) is 0 Å². The monoisotopic (exact) mass is 377 g/mol. The quantitative estimate of drug-likeness (QED) is 0.744. The fourth-order valence-electron chi connectivity index (χ4n) is 3.65. The second-order valence-electron chi connectivity index (χ2n) is 6.81. The molecule has 0 N–H and O–H groups in total. The summed E-state index contributed by atoms with van der Waals surface area (Å²) in [6.45, 7) is 4.14. The van der Waals surface area contributed by atoms with Gasteiger partial charge in [0.1, 0.15) is 0 Å². The van der Waals surface area contributed by atoms with Crippen LogP contribution in [0.4, 0.5) is 4.79 Å². The minimum absolute atomic E-state index is 0.210. The van der Waals surface area contributed by atoms with E-state index < -0.39 is 11.8 Å². The smallest absolute Gasteiger partial charge is 0.327 e. The van der Waals surface area contributed by atoms with Gasteiger partial charge in [-0.1, -0.05) is 30.2 Å². The average Bonchev–Trinajstić information content (AvgIpc) is 2.90. The number of nitrogens with zero attached hydrogens (tertiary/aromatic N) is 3. The summed E-state index contributed by atoms with van der Waals surface area (Å²) in [5.41, 5.74) is 1.15. The average molecular weight is 378 g/mol. The molecule has 0 saturated carbocycles. The molecule has 0 aliphatic carbocycles. The van der Waals surface area contributed by atoms with Gasteiger partial charge < -0.3 is 9.80 Å². The van der Waals surface area contributed by atoms with Crippen molar-refractivity contribution in [2.45, 2.75) is 32.1 Å². The molecule has 2 saturated heterocycles. The van der Waals surface area contributed by atoms with Crippen LogP contribution in [-0.2, 0) is 9.59 Å². The second-order valence-corrected chi connectivity index (χ2v) is 7.25. The van der Waals surface area contributed by atoms with E-state index in [9.17, 15) is 14.4 Å². The summed E-state index contributed by atoms with van der Waals surface area (Å²) in [5, 5.41) is 0.688. The first-order valence-electron chi connectivity index (χ1n) is 9.16. The van der Waals surface area contributed by atoms with E-state index in [0.717, 1.165) is 29.7 Å². The van der Waals surface area contributed by atoms with Crippen LogP contribution < -0.4 is 0 Å². The molecule has 6 nitrogen and oxygen atoms in total. The Morgan fingerprint density at radius 2 is 1.81 bits per heavy atom. The van der Waals surface area contributed by atoms with Gasteiger partial charge in [-0.2, -0.15) is 0 Å². The van der Waals surface area contributed by atoms with Gasteiger partial charge in [0.15, 0.2) is 0 Å². The highest BCUT2D eigenvalue weighted by molar-refractivity contribution is 6.38. The first kappa shape index (κ1) is 18.7. The summed E-state index contributed by atoms with van der Waals surface area (Å²) < 4.78 is 0. The van der Waals surface area contributed by atoms with Crippen molar-refractivity contribution >= 4 is 29.4 Å². The topological polar surface area (TPSA) is 60.9 Å². The number of urea groups is 1. The molecule has 0 aromatic heterocycles. The first-order chi connectivity index (χ1) is 12.5. The number of piperazine rings is 1. The number of halogens is 1. The summed E-state index contributed by atoms with van der Waals surface area (Å²) in [5.74, 6) is -1.09.